The predicted octanol–water partition coefficient (Wildman–Crippen LogP) is 4.06. The van der Waals surface area contributed by atoms with Crippen LogP contribution in [0.5, 0.6) is 0 Å². The third-order valence-electron chi connectivity index (χ3n) is 5.90. The monoisotopic (exact) mass is 452 g/mol. The number of hydrogen-bond donors (Lipinski definition) is 2. The summed E-state index contributed by atoms with van der Waals surface area (Å²) in [6.07, 6.45) is 0.648. The number of nitrogens with one attached hydrogen (secondary N) is 2. The van der Waals surface area contributed by atoms with E-state index in [4.69, 9.17) is 4.74 Å². The SMILES string of the molecule is CC(OC(=O)Cc1c[nH]c2ccccc12)C(=O)Nc1cccc2c1C(=O)c1ccccc1C2=O. The van der Waals surface area contributed by atoms with Crippen molar-refractivity contribution in [2.24, 2.45) is 0 Å². The van der Waals surface area contributed by atoms with Gasteiger partial charge in [-0.25, -0.2) is 0 Å². The number of benzene rings is 3. The molecule has 1 heterocycles. The molecule has 4 aromatic rings. The first kappa shape index (κ1) is 21.3. The largest absolute Gasteiger partial charge is 0.452 e. The Morgan fingerprint density at radius 2 is 1.56 bits per heavy atom. The Morgan fingerprint density at radius 3 is 2.35 bits per heavy atom. The van der Waals surface area contributed by atoms with Crippen LogP contribution in [0.1, 0.15) is 44.3 Å². The molecule has 1 aromatic heterocycles. The molecule has 0 aliphatic heterocycles. The number of carbonyl (C=O) groups excluding carboxylic acids is 4. The summed E-state index contributed by atoms with van der Waals surface area (Å²) < 4.78 is 5.34. The molecule has 3 aromatic carbocycles. The van der Waals surface area contributed by atoms with E-state index in [1.165, 1.54) is 6.92 Å². The van der Waals surface area contributed by atoms with Crippen LogP contribution in [0.2, 0.25) is 0 Å². The van der Waals surface area contributed by atoms with E-state index in [1.54, 1.807) is 48.7 Å². The van der Waals surface area contributed by atoms with Gasteiger partial charge in [0.25, 0.3) is 5.91 Å². The Bertz CT molecular complexity index is 1480. The molecule has 34 heavy (non-hydrogen) atoms. The number of anilines is 1. The van der Waals surface area contributed by atoms with Crippen LogP contribution in [0.3, 0.4) is 0 Å². The van der Waals surface area contributed by atoms with E-state index in [-0.39, 0.29) is 34.8 Å². The highest BCUT2D eigenvalue weighted by atomic mass is 16.5. The van der Waals surface area contributed by atoms with Crippen molar-refractivity contribution in [2.45, 2.75) is 19.4 Å². The number of ether oxygens (including phenoxy) is 1. The van der Waals surface area contributed by atoms with Gasteiger partial charge in [0.15, 0.2) is 17.7 Å². The Balaban J connectivity index is 1.31. The molecule has 7 heteroatoms. The number of hydrogen-bond acceptors (Lipinski definition) is 5. The van der Waals surface area contributed by atoms with Crippen LogP contribution in [0, 0.1) is 0 Å². The lowest BCUT2D eigenvalue weighted by Gasteiger charge is -2.21. The number of rotatable bonds is 5. The number of aromatic nitrogens is 1. The molecule has 168 valence electrons. The second kappa shape index (κ2) is 8.44. The van der Waals surface area contributed by atoms with Gasteiger partial charge in [0, 0.05) is 33.8 Å². The van der Waals surface area contributed by atoms with Gasteiger partial charge >= 0.3 is 5.97 Å². The van der Waals surface area contributed by atoms with Crippen molar-refractivity contribution in [3.05, 3.63) is 101 Å². The smallest absolute Gasteiger partial charge is 0.311 e. The van der Waals surface area contributed by atoms with Crippen molar-refractivity contribution in [3.63, 3.8) is 0 Å². The molecule has 1 atom stereocenters. The Morgan fingerprint density at radius 1 is 0.882 bits per heavy atom. The fraction of sp³-hybridized carbons (Fsp3) is 0.111. The number of carbonyl (C=O) groups is 4. The topological polar surface area (TPSA) is 105 Å². The van der Waals surface area contributed by atoms with E-state index in [0.717, 1.165) is 16.5 Å². The summed E-state index contributed by atoms with van der Waals surface area (Å²) in [5, 5.41) is 3.56. The van der Waals surface area contributed by atoms with Crippen LogP contribution >= 0.6 is 0 Å². The van der Waals surface area contributed by atoms with Crippen molar-refractivity contribution < 1.29 is 23.9 Å². The van der Waals surface area contributed by atoms with Gasteiger partial charge in [-0.1, -0.05) is 54.6 Å². The number of amides is 1. The normalized spacial score (nSPS) is 13.2. The molecule has 0 spiro atoms. The Labute approximate surface area is 194 Å². The Kier molecular flexibility index (Phi) is 5.30. The third-order valence-corrected chi connectivity index (χ3v) is 5.90. The van der Waals surface area contributed by atoms with Crippen LogP contribution < -0.4 is 5.32 Å². The second-order valence-corrected chi connectivity index (χ2v) is 8.09. The van der Waals surface area contributed by atoms with Crippen LogP contribution in [0.15, 0.2) is 72.9 Å². The van der Waals surface area contributed by atoms with Crippen molar-refractivity contribution in [2.75, 3.05) is 5.32 Å². The molecule has 0 radical (unpaired) electrons. The molecule has 0 bridgehead atoms. The highest BCUT2D eigenvalue weighted by molar-refractivity contribution is 6.30. The predicted molar refractivity (Wildman–Crippen MR) is 126 cm³/mol. The maximum Gasteiger partial charge on any atom is 0.311 e. The molecular formula is C27H20N2O5. The highest BCUT2D eigenvalue weighted by Gasteiger charge is 2.32. The molecule has 2 N–H and O–H groups in total. The molecule has 5 rings (SSSR count). The zero-order valence-electron chi connectivity index (χ0n) is 18.3. The van der Waals surface area contributed by atoms with Gasteiger partial charge in [-0.15, -0.1) is 0 Å². The van der Waals surface area contributed by atoms with Gasteiger partial charge in [-0.2, -0.15) is 0 Å². The number of esters is 1. The van der Waals surface area contributed by atoms with Crippen LogP contribution in [-0.4, -0.2) is 34.5 Å². The standard InChI is InChI=1S/C27H20N2O5/c1-15(34-23(30)13-16-14-28-21-11-5-4-7-17(16)21)27(33)29-22-12-6-10-20-24(22)26(32)19-9-3-2-8-18(19)25(20)31/h2-12,14-15,28H,13H2,1H3,(H,29,33). The van der Waals surface area contributed by atoms with Gasteiger partial charge in [0.05, 0.1) is 17.7 Å². The van der Waals surface area contributed by atoms with Crippen LogP contribution in [0.25, 0.3) is 10.9 Å². The summed E-state index contributed by atoms with van der Waals surface area (Å²) in [6.45, 7) is 1.46. The number of para-hydroxylation sites is 1. The van der Waals surface area contributed by atoms with Gasteiger partial charge < -0.3 is 15.0 Å². The minimum atomic E-state index is -1.10. The third kappa shape index (κ3) is 3.67. The zero-order chi connectivity index (χ0) is 23.8. The zero-order valence-corrected chi connectivity index (χ0v) is 18.3. The first-order chi connectivity index (χ1) is 16.4. The molecule has 0 saturated carbocycles. The first-order valence-corrected chi connectivity index (χ1v) is 10.8. The molecular weight excluding hydrogens is 432 g/mol. The van der Waals surface area contributed by atoms with Crippen LogP contribution in [-0.2, 0) is 20.7 Å². The van der Waals surface area contributed by atoms with Crippen molar-refractivity contribution in [1.29, 1.82) is 0 Å². The van der Waals surface area contributed by atoms with Crippen LogP contribution in [0.4, 0.5) is 5.69 Å². The summed E-state index contributed by atoms with van der Waals surface area (Å²) in [5.74, 6) is -1.77. The lowest BCUT2D eigenvalue weighted by Crippen LogP contribution is -2.32. The maximum absolute atomic E-state index is 13.1. The highest BCUT2D eigenvalue weighted by Crippen LogP contribution is 2.32. The second-order valence-electron chi connectivity index (χ2n) is 8.09. The fourth-order valence-electron chi connectivity index (χ4n) is 4.21. The molecule has 0 saturated heterocycles. The van der Waals surface area contributed by atoms with Gasteiger partial charge in [-0.3, -0.25) is 19.2 Å². The number of fused-ring (bicyclic) bond motifs is 3. The van der Waals surface area contributed by atoms with Gasteiger partial charge in [-0.05, 0) is 24.6 Å². The number of H-pyrrole nitrogens is 1. The molecule has 0 fully saturated rings. The average Bonchev–Trinajstić information content (AvgIpc) is 3.25. The van der Waals surface area contributed by atoms with Crippen molar-refractivity contribution in [3.8, 4) is 0 Å². The molecule has 1 aliphatic rings. The van der Waals surface area contributed by atoms with E-state index >= 15 is 0 Å². The molecule has 1 amide bonds. The van der Waals surface area contributed by atoms with E-state index in [0.29, 0.717) is 11.1 Å². The van der Waals surface area contributed by atoms with E-state index in [9.17, 15) is 19.2 Å². The quantitative estimate of drug-likeness (QED) is 0.391. The minimum absolute atomic E-state index is 0.00609. The molecule has 7 nitrogen and oxygen atoms in total. The van der Waals surface area contributed by atoms with Crippen molar-refractivity contribution in [1.82, 2.24) is 4.98 Å². The van der Waals surface area contributed by atoms with E-state index in [1.807, 2.05) is 24.3 Å². The van der Waals surface area contributed by atoms with Gasteiger partial charge in [0.1, 0.15) is 0 Å². The van der Waals surface area contributed by atoms with E-state index < -0.39 is 18.0 Å². The lowest BCUT2D eigenvalue weighted by molar-refractivity contribution is -0.152. The number of ketones is 2. The van der Waals surface area contributed by atoms with Crippen molar-refractivity contribution >= 4 is 40.0 Å². The fourth-order valence-corrected chi connectivity index (χ4v) is 4.21. The lowest BCUT2D eigenvalue weighted by atomic mass is 9.83. The van der Waals surface area contributed by atoms with Gasteiger partial charge in [0.2, 0.25) is 0 Å². The van der Waals surface area contributed by atoms with E-state index in [2.05, 4.69) is 10.3 Å². The minimum Gasteiger partial charge on any atom is -0.452 e. The summed E-state index contributed by atoms with van der Waals surface area (Å²) in [6, 6.07) is 18.9. The summed E-state index contributed by atoms with van der Waals surface area (Å²) >= 11 is 0. The Hall–Kier alpha value is -4.52. The first-order valence-electron chi connectivity index (χ1n) is 10.8. The summed E-state index contributed by atoms with van der Waals surface area (Å²) in [7, 11) is 0. The molecule has 1 aliphatic carbocycles. The maximum atomic E-state index is 13.1. The number of aromatic amines is 1. The summed E-state index contributed by atoms with van der Waals surface area (Å²) in [4.78, 5) is 54.3. The average molecular weight is 452 g/mol. The molecule has 1 unspecified atom stereocenters. The summed E-state index contributed by atoms with van der Waals surface area (Å²) in [5.41, 5.74) is 2.87.